The first-order chi connectivity index (χ1) is 10.4. The Labute approximate surface area is 162 Å². The molecule has 3 aromatic rings. The standard InChI is InChI=1S/C10H13ClO.C10H9.Zr/c1-6(2)10-8(11)4-7(3)5-9(10)12;1-8-6-9-4-2-3-5-10(9)7-8;/h4-6,12H,1-3H3;2-7H,1H3;/q;-1;+2/p-1. The monoisotopic (exact) mass is 402 g/mol. The van der Waals surface area contributed by atoms with Crippen LogP contribution in [0.2, 0.25) is 5.02 Å². The van der Waals surface area contributed by atoms with E-state index in [4.69, 9.17) is 11.6 Å². The minimum atomic E-state index is 0. The third-order valence-corrected chi connectivity index (χ3v) is 3.89. The largest absolute Gasteiger partial charge is 2.00 e. The van der Waals surface area contributed by atoms with Crippen LogP contribution in [0.25, 0.3) is 10.8 Å². The van der Waals surface area contributed by atoms with Gasteiger partial charge in [0.05, 0.1) is 0 Å². The Kier molecular flexibility index (Phi) is 7.64. The van der Waals surface area contributed by atoms with E-state index in [1.165, 1.54) is 16.3 Å². The van der Waals surface area contributed by atoms with Crippen molar-refractivity contribution in [1.82, 2.24) is 0 Å². The van der Waals surface area contributed by atoms with E-state index in [1.807, 2.05) is 26.8 Å². The van der Waals surface area contributed by atoms with Crippen molar-refractivity contribution in [3.63, 3.8) is 0 Å². The fourth-order valence-electron chi connectivity index (χ4n) is 2.59. The van der Waals surface area contributed by atoms with Crippen molar-refractivity contribution in [2.75, 3.05) is 0 Å². The van der Waals surface area contributed by atoms with Crippen LogP contribution in [0, 0.1) is 13.8 Å². The predicted octanol–water partition coefficient (Wildman–Crippen LogP) is 5.71. The molecule has 0 spiro atoms. The van der Waals surface area contributed by atoms with Crippen molar-refractivity contribution >= 4 is 22.4 Å². The van der Waals surface area contributed by atoms with Gasteiger partial charge < -0.3 is 5.11 Å². The van der Waals surface area contributed by atoms with E-state index in [-0.39, 0.29) is 37.9 Å². The van der Waals surface area contributed by atoms with Crippen molar-refractivity contribution in [2.45, 2.75) is 33.6 Å². The molecule has 0 amide bonds. The Morgan fingerprint density at radius 1 is 1.04 bits per heavy atom. The molecule has 0 fully saturated rings. The van der Waals surface area contributed by atoms with Gasteiger partial charge in [-0.2, -0.15) is 6.07 Å². The summed E-state index contributed by atoms with van der Waals surface area (Å²) in [5, 5.41) is 14.7. The molecule has 0 N–H and O–H groups in total. The number of aryl methyl sites for hydroxylation is 2. The zero-order valence-corrected chi connectivity index (χ0v) is 17.2. The zero-order chi connectivity index (χ0) is 16.3. The molecule has 0 bridgehead atoms. The van der Waals surface area contributed by atoms with Gasteiger partial charge in [0.15, 0.2) is 0 Å². The maximum Gasteiger partial charge on any atom is 2.00 e. The predicted molar refractivity (Wildman–Crippen MR) is 94.0 cm³/mol. The summed E-state index contributed by atoms with van der Waals surface area (Å²) in [7, 11) is 0. The van der Waals surface area contributed by atoms with Crippen molar-refractivity contribution in [1.29, 1.82) is 0 Å². The molecular weight excluding hydrogens is 383 g/mol. The maximum atomic E-state index is 11.4. The number of fused-ring (bicyclic) bond motifs is 1. The van der Waals surface area contributed by atoms with E-state index in [2.05, 4.69) is 43.3 Å². The molecule has 3 heteroatoms. The van der Waals surface area contributed by atoms with Crippen LogP contribution >= 0.6 is 11.6 Å². The molecule has 0 aromatic heterocycles. The summed E-state index contributed by atoms with van der Waals surface area (Å²) in [5.74, 6) is 0.251. The van der Waals surface area contributed by atoms with Crippen LogP contribution in [0.4, 0.5) is 0 Å². The number of hydrogen-bond acceptors (Lipinski definition) is 1. The Morgan fingerprint density at radius 3 is 2.26 bits per heavy atom. The molecule has 3 rings (SSSR count). The molecule has 3 aromatic carbocycles. The van der Waals surface area contributed by atoms with Gasteiger partial charge in [0.25, 0.3) is 0 Å². The van der Waals surface area contributed by atoms with Crippen LogP contribution in [0.3, 0.4) is 0 Å². The van der Waals surface area contributed by atoms with Crippen LogP contribution in [-0.2, 0) is 26.2 Å². The average molecular weight is 404 g/mol. The Morgan fingerprint density at radius 2 is 1.70 bits per heavy atom. The van der Waals surface area contributed by atoms with E-state index >= 15 is 0 Å². The third kappa shape index (κ3) is 5.26. The van der Waals surface area contributed by atoms with Gasteiger partial charge in [-0.05, 0) is 24.5 Å². The summed E-state index contributed by atoms with van der Waals surface area (Å²) in [6.45, 7) is 7.94. The van der Waals surface area contributed by atoms with E-state index in [9.17, 15) is 5.11 Å². The number of benzene rings is 2. The molecule has 0 radical (unpaired) electrons. The summed E-state index contributed by atoms with van der Waals surface area (Å²) in [6.07, 6.45) is 0. The van der Waals surface area contributed by atoms with E-state index < -0.39 is 0 Å². The second-order valence-electron chi connectivity index (χ2n) is 5.97. The van der Waals surface area contributed by atoms with Gasteiger partial charge in [-0.25, -0.2) is 0 Å². The molecule has 0 aliphatic heterocycles. The molecule has 0 saturated carbocycles. The summed E-state index contributed by atoms with van der Waals surface area (Å²) >= 11 is 5.93. The quantitative estimate of drug-likeness (QED) is 0.477. The molecule has 0 unspecified atom stereocenters. The molecule has 23 heavy (non-hydrogen) atoms. The maximum absolute atomic E-state index is 11.4. The fourth-order valence-corrected chi connectivity index (χ4v) is 3.07. The topological polar surface area (TPSA) is 23.1 Å². The van der Waals surface area contributed by atoms with Crippen LogP contribution in [0.15, 0.2) is 48.5 Å². The van der Waals surface area contributed by atoms with Crippen molar-refractivity contribution < 1.29 is 31.3 Å². The van der Waals surface area contributed by atoms with Crippen molar-refractivity contribution in [2.24, 2.45) is 0 Å². The zero-order valence-electron chi connectivity index (χ0n) is 14.0. The second kappa shape index (κ2) is 8.76. The van der Waals surface area contributed by atoms with Crippen LogP contribution in [0.5, 0.6) is 5.75 Å². The van der Waals surface area contributed by atoms with E-state index in [1.54, 1.807) is 6.07 Å². The van der Waals surface area contributed by atoms with Gasteiger partial charge in [-0.15, -0.1) is 46.4 Å². The molecule has 1 nitrogen and oxygen atoms in total. The van der Waals surface area contributed by atoms with Gasteiger partial charge >= 0.3 is 26.2 Å². The Hall–Kier alpha value is -0.977. The minimum Gasteiger partial charge on any atom is -0.872 e. The third-order valence-electron chi connectivity index (χ3n) is 3.58. The Bertz CT molecular complexity index is 718. The normalized spacial score (nSPS) is 10.2. The van der Waals surface area contributed by atoms with Crippen LogP contribution < -0.4 is 5.11 Å². The second-order valence-corrected chi connectivity index (χ2v) is 6.38. The molecule has 0 heterocycles. The van der Waals surface area contributed by atoms with Crippen LogP contribution in [0.1, 0.15) is 36.5 Å². The van der Waals surface area contributed by atoms with Gasteiger partial charge in [-0.1, -0.05) is 50.1 Å². The van der Waals surface area contributed by atoms with Crippen LogP contribution in [-0.4, -0.2) is 0 Å². The SMILES string of the molecule is Cc1cc([O-])c(C(C)C)c(Cl)c1.Cc1cc2ccccc2[cH-]1.[Zr+2]. The summed E-state index contributed by atoms with van der Waals surface area (Å²) in [6, 6.07) is 16.3. The van der Waals surface area contributed by atoms with Gasteiger partial charge in [0.1, 0.15) is 0 Å². The summed E-state index contributed by atoms with van der Waals surface area (Å²) in [4.78, 5) is 0. The number of hydrogen-bond donors (Lipinski definition) is 0. The molecule has 118 valence electrons. The van der Waals surface area contributed by atoms with E-state index in [0.29, 0.717) is 5.02 Å². The first-order valence-electron chi connectivity index (χ1n) is 7.47. The molecule has 0 aliphatic carbocycles. The molecule has 0 aliphatic rings. The molecular formula is C20H21ClOZr. The average Bonchev–Trinajstić information content (AvgIpc) is 2.77. The smallest absolute Gasteiger partial charge is 0.872 e. The molecule has 0 saturated heterocycles. The summed E-state index contributed by atoms with van der Waals surface area (Å²) < 4.78 is 0. The number of rotatable bonds is 1. The fraction of sp³-hybridized carbons (Fsp3) is 0.250. The number of halogens is 1. The van der Waals surface area contributed by atoms with Gasteiger partial charge in [0.2, 0.25) is 0 Å². The molecule has 0 atom stereocenters. The Balaban J connectivity index is 0.000000223. The van der Waals surface area contributed by atoms with Gasteiger partial charge in [-0.3, -0.25) is 0 Å². The first-order valence-corrected chi connectivity index (χ1v) is 7.85. The van der Waals surface area contributed by atoms with Crippen molar-refractivity contribution in [3.8, 4) is 5.75 Å². The summed E-state index contributed by atoms with van der Waals surface area (Å²) in [5.41, 5.74) is 3.00. The van der Waals surface area contributed by atoms with Crippen molar-refractivity contribution in [3.05, 3.63) is 70.2 Å². The minimum absolute atomic E-state index is 0. The van der Waals surface area contributed by atoms with E-state index in [0.717, 1.165) is 11.1 Å². The first kappa shape index (κ1) is 20.1. The van der Waals surface area contributed by atoms with Gasteiger partial charge in [0, 0.05) is 5.02 Å².